The molecule has 1 aliphatic rings. The fourth-order valence-electron chi connectivity index (χ4n) is 2.79. The first kappa shape index (κ1) is 14.3. The third-order valence-electron chi connectivity index (χ3n) is 4.04. The van der Waals surface area contributed by atoms with Crippen molar-refractivity contribution < 1.29 is 4.79 Å². The Bertz CT molecular complexity index is 654. The minimum atomic E-state index is -0.0150. The number of likely N-dealkylation sites (tertiary alicyclic amines) is 1. The van der Waals surface area contributed by atoms with Crippen LogP contribution in [-0.4, -0.2) is 42.0 Å². The SMILES string of the molecule is CCN1CCC(CNC(=O)c2ccc3nc(N)sc3c2)C1. The van der Waals surface area contributed by atoms with Crippen molar-refractivity contribution in [2.24, 2.45) is 5.92 Å². The van der Waals surface area contributed by atoms with Crippen LogP contribution in [0.15, 0.2) is 18.2 Å². The lowest BCUT2D eigenvalue weighted by molar-refractivity contribution is 0.0947. The van der Waals surface area contributed by atoms with E-state index in [4.69, 9.17) is 5.73 Å². The number of aromatic nitrogens is 1. The quantitative estimate of drug-likeness (QED) is 0.905. The number of nitrogens with two attached hydrogens (primary N) is 1. The first-order valence-corrected chi connectivity index (χ1v) is 8.14. The smallest absolute Gasteiger partial charge is 0.251 e. The standard InChI is InChI=1S/C15H20N4OS/c1-2-19-6-5-10(9-19)8-17-14(20)11-3-4-12-13(7-11)21-15(16)18-12/h3-4,7,10H,2,5-6,8-9H2,1H3,(H2,16,18)(H,17,20). The lowest BCUT2D eigenvalue weighted by Gasteiger charge is -2.13. The van der Waals surface area contributed by atoms with Gasteiger partial charge in [0.15, 0.2) is 5.13 Å². The predicted octanol–water partition coefficient (Wildman–Crippen LogP) is 1.95. The van der Waals surface area contributed by atoms with Gasteiger partial charge in [0.1, 0.15) is 0 Å². The second-order valence-electron chi connectivity index (χ2n) is 5.49. The monoisotopic (exact) mass is 304 g/mol. The highest BCUT2D eigenvalue weighted by atomic mass is 32.1. The van der Waals surface area contributed by atoms with Crippen LogP contribution in [0.25, 0.3) is 10.2 Å². The molecule has 1 aromatic carbocycles. The highest BCUT2D eigenvalue weighted by Gasteiger charge is 2.21. The molecule has 5 nitrogen and oxygen atoms in total. The van der Waals surface area contributed by atoms with E-state index in [1.165, 1.54) is 17.8 Å². The Morgan fingerprint density at radius 3 is 3.19 bits per heavy atom. The van der Waals surface area contributed by atoms with Crippen LogP contribution in [0.4, 0.5) is 5.13 Å². The molecular formula is C15H20N4OS. The lowest BCUT2D eigenvalue weighted by Crippen LogP contribution is -2.30. The van der Waals surface area contributed by atoms with Crippen LogP contribution in [0.1, 0.15) is 23.7 Å². The number of carbonyl (C=O) groups is 1. The van der Waals surface area contributed by atoms with Crippen molar-refractivity contribution in [1.82, 2.24) is 15.2 Å². The van der Waals surface area contributed by atoms with E-state index in [0.717, 1.165) is 36.4 Å². The Labute approximate surface area is 128 Å². The number of rotatable bonds is 4. The molecule has 6 heteroatoms. The summed E-state index contributed by atoms with van der Waals surface area (Å²) in [6, 6.07) is 5.53. The molecular weight excluding hydrogens is 284 g/mol. The summed E-state index contributed by atoms with van der Waals surface area (Å²) in [5, 5.41) is 3.58. The number of benzene rings is 1. The summed E-state index contributed by atoms with van der Waals surface area (Å²) in [5.74, 6) is 0.551. The van der Waals surface area contributed by atoms with Crippen LogP contribution < -0.4 is 11.1 Å². The van der Waals surface area contributed by atoms with Gasteiger partial charge in [0.05, 0.1) is 10.2 Å². The minimum Gasteiger partial charge on any atom is -0.375 e. The van der Waals surface area contributed by atoms with E-state index in [9.17, 15) is 4.79 Å². The molecule has 3 rings (SSSR count). The first-order valence-electron chi connectivity index (χ1n) is 7.32. The van der Waals surface area contributed by atoms with E-state index in [-0.39, 0.29) is 5.91 Å². The summed E-state index contributed by atoms with van der Waals surface area (Å²) in [4.78, 5) is 18.9. The van der Waals surface area contributed by atoms with Crippen LogP contribution in [0.5, 0.6) is 0 Å². The summed E-state index contributed by atoms with van der Waals surface area (Å²) < 4.78 is 0.957. The molecule has 1 unspecified atom stereocenters. The van der Waals surface area contributed by atoms with Crippen molar-refractivity contribution in [2.45, 2.75) is 13.3 Å². The molecule has 1 aliphatic heterocycles. The molecule has 1 saturated heterocycles. The van der Waals surface area contributed by atoms with Gasteiger partial charge in [-0.3, -0.25) is 4.79 Å². The Morgan fingerprint density at radius 1 is 1.57 bits per heavy atom. The van der Waals surface area contributed by atoms with Gasteiger partial charge in [0, 0.05) is 18.7 Å². The first-order chi connectivity index (χ1) is 10.2. The highest BCUT2D eigenvalue weighted by Crippen LogP contribution is 2.24. The second kappa shape index (κ2) is 5.99. The molecule has 3 N–H and O–H groups in total. The van der Waals surface area contributed by atoms with Crippen molar-refractivity contribution in [2.75, 3.05) is 31.9 Å². The summed E-state index contributed by atoms with van der Waals surface area (Å²) in [5.41, 5.74) is 7.21. The fraction of sp³-hybridized carbons (Fsp3) is 0.467. The zero-order valence-electron chi connectivity index (χ0n) is 12.1. The summed E-state index contributed by atoms with van der Waals surface area (Å²) in [7, 11) is 0. The van der Waals surface area contributed by atoms with E-state index in [2.05, 4.69) is 22.1 Å². The minimum absolute atomic E-state index is 0.0150. The van der Waals surface area contributed by atoms with Crippen LogP contribution >= 0.6 is 11.3 Å². The van der Waals surface area contributed by atoms with E-state index in [0.29, 0.717) is 16.6 Å². The van der Waals surface area contributed by atoms with Gasteiger partial charge in [-0.1, -0.05) is 18.3 Å². The highest BCUT2D eigenvalue weighted by molar-refractivity contribution is 7.22. The van der Waals surface area contributed by atoms with Crippen LogP contribution in [0.3, 0.4) is 0 Å². The predicted molar refractivity (Wildman–Crippen MR) is 86.6 cm³/mol. The van der Waals surface area contributed by atoms with Gasteiger partial charge in [0.25, 0.3) is 5.91 Å². The topological polar surface area (TPSA) is 71.2 Å². The van der Waals surface area contributed by atoms with Crippen molar-refractivity contribution in [3.8, 4) is 0 Å². The van der Waals surface area contributed by atoms with Gasteiger partial charge in [-0.25, -0.2) is 4.98 Å². The normalized spacial score (nSPS) is 19.2. The van der Waals surface area contributed by atoms with Crippen molar-refractivity contribution in [1.29, 1.82) is 0 Å². The van der Waals surface area contributed by atoms with E-state index < -0.39 is 0 Å². The molecule has 0 saturated carbocycles. The molecule has 1 aromatic heterocycles. The largest absolute Gasteiger partial charge is 0.375 e. The average Bonchev–Trinajstić information content (AvgIpc) is 3.08. The molecule has 1 fully saturated rings. The number of anilines is 1. The van der Waals surface area contributed by atoms with Crippen molar-refractivity contribution in [3.05, 3.63) is 23.8 Å². The average molecular weight is 304 g/mol. The third kappa shape index (κ3) is 3.16. The molecule has 1 atom stereocenters. The van der Waals surface area contributed by atoms with Crippen molar-refractivity contribution in [3.63, 3.8) is 0 Å². The molecule has 2 aromatic rings. The summed E-state index contributed by atoms with van der Waals surface area (Å²) in [6.45, 7) is 6.24. The van der Waals surface area contributed by atoms with Gasteiger partial charge < -0.3 is 16.0 Å². The van der Waals surface area contributed by atoms with Crippen molar-refractivity contribution >= 4 is 32.6 Å². The Balaban J connectivity index is 1.61. The maximum Gasteiger partial charge on any atom is 0.251 e. The van der Waals surface area contributed by atoms with Crippen LogP contribution in [0, 0.1) is 5.92 Å². The van der Waals surface area contributed by atoms with Gasteiger partial charge in [0.2, 0.25) is 0 Å². The molecule has 0 aliphatic carbocycles. The summed E-state index contributed by atoms with van der Waals surface area (Å²) >= 11 is 1.41. The molecule has 1 amide bonds. The van der Waals surface area contributed by atoms with E-state index >= 15 is 0 Å². The van der Waals surface area contributed by atoms with Gasteiger partial charge in [-0.15, -0.1) is 0 Å². The maximum atomic E-state index is 12.2. The Morgan fingerprint density at radius 2 is 2.43 bits per heavy atom. The van der Waals surface area contributed by atoms with Crippen LogP contribution in [-0.2, 0) is 0 Å². The molecule has 0 spiro atoms. The van der Waals surface area contributed by atoms with Gasteiger partial charge >= 0.3 is 0 Å². The molecule has 2 heterocycles. The zero-order valence-corrected chi connectivity index (χ0v) is 12.9. The lowest BCUT2D eigenvalue weighted by atomic mass is 10.1. The molecule has 0 bridgehead atoms. The number of nitrogens with one attached hydrogen (secondary N) is 1. The third-order valence-corrected chi connectivity index (χ3v) is 4.88. The van der Waals surface area contributed by atoms with E-state index in [1.807, 2.05) is 18.2 Å². The molecule has 112 valence electrons. The number of nitrogens with zero attached hydrogens (tertiary/aromatic N) is 2. The molecule has 0 radical (unpaired) electrons. The molecule has 21 heavy (non-hydrogen) atoms. The van der Waals surface area contributed by atoms with Crippen LogP contribution in [0.2, 0.25) is 0 Å². The number of hydrogen-bond donors (Lipinski definition) is 2. The maximum absolute atomic E-state index is 12.2. The number of thiazole rings is 1. The Hall–Kier alpha value is -1.66. The van der Waals surface area contributed by atoms with Gasteiger partial charge in [-0.2, -0.15) is 0 Å². The number of hydrogen-bond acceptors (Lipinski definition) is 5. The number of carbonyl (C=O) groups excluding carboxylic acids is 1. The Kier molecular flexibility index (Phi) is 4.07. The summed E-state index contributed by atoms with van der Waals surface area (Å²) in [6.07, 6.45) is 1.17. The van der Waals surface area contributed by atoms with E-state index in [1.54, 1.807) is 0 Å². The number of amides is 1. The second-order valence-corrected chi connectivity index (χ2v) is 6.55. The zero-order chi connectivity index (χ0) is 14.8. The number of fused-ring (bicyclic) bond motifs is 1. The van der Waals surface area contributed by atoms with Gasteiger partial charge in [-0.05, 0) is 43.6 Å². The fourth-order valence-corrected chi connectivity index (χ4v) is 3.56. The number of nitrogen functional groups attached to an aromatic ring is 1.